The van der Waals surface area contributed by atoms with Gasteiger partial charge in [-0.1, -0.05) is 22.0 Å². The zero-order valence-electron chi connectivity index (χ0n) is 6.39. The predicted octanol–water partition coefficient (Wildman–Crippen LogP) is 2.84. The molecule has 68 valence electrons. The van der Waals surface area contributed by atoms with Gasteiger partial charge in [-0.05, 0) is 12.1 Å². The molecule has 0 spiro atoms. The molecule has 1 aliphatic heterocycles. The molecule has 1 heterocycles. The van der Waals surface area contributed by atoms with Crippen LogP contribution in [0.25, 0.3) is 0 Å². The molecule has 5 heteroatoms. The second kappa shape index (κ2) is 2.77. The maximum Gasteiger partial charge on any atom is 0.429 e. The molecule has 1 N–H and O–H groups in total. The summed E-state index contributed by atoms with van der Waals surface area (Å²) < 4.78 is 26.1. The average Bonchev–Trinajstić information content (AvgIpc) is 2.02. The number of nitrogens with one attached hydrogen (secondary N) is 1. The van der Waals surface area contributed by atoms with Gasteiger partial charge in [-0.2, -0.15) is 8.78 Å². The standard InChI is InChI=1S/C8H5BrF2N2/c9-6-2-1-3-7-5(6)4-12-8(10,11)13-7/h1-4,13H. The molecular formula is C8H5BrF2N2. The molecule has 1 aliphatic rings. The highest BCUT2D eigenvalue weighted by molar-refractivity contribution is 9.10. The van der Waals surface area contributed by atoms with E-state index in [9.17, 15) is 8.78 Å². The molecule has 0 saturated heterocycles. The van der Waals surface area contributed by atoms with Crippen LogP contribution in [0, 0.1) is 0 Å². The van der Waals surface area contributed by atoms with E-state index < -0.39 is 6.17 Å². The normalized spacial score (nSPS) is 17.8. The Bertz CT molecular complexity index is 376. The smallest absolute Gasteiger partial charge is 0.306 e. The Labute approximate surface area is 81.8 Å². The number of alkyl halides is 2. The van der Waals surface area contributed by atoms with Crippen molar-refractivity contribution in [2.45, 2.75) is 6.17 Å². The summed E-state index contributed by atoms with van der Waals surface area (Å²) in [7, 11) is 0. The van der Waals surface area contributed by atoms with Gasteiger partial charge in [0.15, 0.2) is 0 Å². The van der Waals surface area contributed by atoms with Gasteiger partial charge in [0, 0.05) is 16.3 Å². The predicted molar refractivity (Wildman–Crippen MR) is 50.3 cm³/mol. The number of fused-ring (bicyclic) bond motifs is 1. The SMILES string of the molecule is FC1(F)N=Cc2c(Br)cccc2N1. The lowest BCUT2D eigenvalue weighted by Crippen LogP contribution is -2.28. The van der Waals surface area contributed by atoms with Gasteiger partial charge in [-0.3, -0.25) is 0 Å². The third-order valence-corrected chi connectivity index (χ3v) is 2.39. The first-order valence-electron chi connectivity index (χ1n) is 3.58. The minimum absolute atomic E-state index is 0.384. The van der Waals surface area contributed by atoms with Crippen LogP contribution in [0.5, 0.6) is 0 Å². The number of halogens is 3. The number of hydrogen-bond acceptors (Lipinski definition) is 2. The molecule has 0 fully saturated rings. The summed E-state index contributed by atoms with van der Waals surface area (Å²) >= 11 is 3.24. The van der Waals surface area contributed by atoms with Crippen LogP contribution >= 0.6 is 15.9 Å². The fourth-order valence-electron chi connectivity index (χ4n) is 1.12. The van der Waals surface area contributed by atoms with Crippen LogP contribution in [0.1, 0.15) is 5.56 Å². The van der Waals surface area contributed by atoms with E-state index >= 15 is 0 Å². The first-order chi connectivity index (χ1) is 6.08. The highest BCUT2D eigenvalue weighted by Gasteiger charge is 2.30. The van der Waals surface area contributed by atoms with Crippen molar-refractivity contribution in [1.82, 2.24) is 0 Å². The van der Waals surface area contributed by atoms with E-state index in [1.54, 1.807) is 18.2 Å². The Morgan fingerprint density at radius 1 is 1.38 bits per heavy atom. The van der Waals surface area contributed by atoms with E-state index in [-0.39, 0.29) is 0 Å². The van der Waals surface area contributed by atoms with Gasteiger partial charge in [0.1, 0.15) is 0 Å². The molecule has 0 atom stereocenters. The lowest BCUT2D eigenvalue weighted by molar-refractivity contribution is 0.0426. The van der Waals surface area contributed by atoms with Crippen molar-refractivity contribution in [3.8, 4) is 0 Å². The summed E-state index contributed by atoms with van der Waals surface area (Å²) in [6, 6.07) is 5.04. The van der Waals surface area contributed by atoms with Gasteiger partial charge >= 0.3 is 6.17 Å². The first kappa shape index (κ1) is 8.62. The van der Waals surface area contributed by atoms with E-state index in [2.05, 4.69) is 20.9 Å². The maximum absolute atomic E-state index is 12.7. The van der Waals surface area contributed by atoms with E-state index in [1.807, 2.05) is 5.32 Å². The molecule has 0 saturated carbocycles. The van der Waals surface area contributed by atoms with Crippen molar-refractivity contribution in [2.24, 2.45) is 4.99 Å². The summed E-state index contributed by atoms with van der Waals surface area (Å²) in [5, 5.41) is 2.02. The molecule has 0 amide bonds. The Balaban J connectivity index is 2.53. The molecule has 1 aromatic carbocycles. The number of aliphatic imine (C=N–C) groups is 1. The van der Waals surface area contributed by atoms with Crippen LogP contribution in [0.3, 0.4) is 0 Å². The summed E-state index contributed by atoms with van der Waals surface area (Å²) in [5.74, 6) is 0. The van der Waals surface area contributed by atoms with Gasteiger partial charge in [0.05, 0.1) is 5.69 Å². The van der Waals surface area contributed by atoms with Gasteiger partial charge in [0.2, 0.25) is 0 Å². The largest absolute Gasteiger partial charge is 0.429 e. The number of hydrogen-bond donors (Lipinski definition) is 1. The Hall–Kier alpha value is -0.970. The molecule has 0 aromatic heterocycles. The van der Waals surface area contributed by atoms with Crippen molar-refractivity contribution in [3.63, 3.8) is 0 Å². The molecule has 0 bridgehead atoms. The van der Waals surface area contributed by atoms with Crippen LogP contribution in [0.2, 0.25) is 0 Å². The van der Waals surface area contributed by atoms with Crippen molar-refractivity contribution < 1.29 is 8.78 Å². The van der Waals surface area contributed by atoms with Gasteiger partial charge < -0.3 is 5.32 Å². The third-order valence-electron chi connectivity index (χ3n) is 1.69. The van der Waals surface area contributed by atoms with Gasteiger partial charge in [-0.15, -0.1) is 0 Å². The highest BCUT2D eigenvalue weighted by atomic mass is 79.9. The average molecular weight is 247 g/mol. The van der Waals surface area contributed by atoms with Crippen LogP contribution in [0.15, 0.2) is 27.7 Å². The Kier molecular flexibility index (Phi) is 1.83. The number of nitrogens with zero attached hydrogens (tertiary/aromatic N) is 1. The van der Waals surface area contributed by atoms with Gasteiger partial charge in [-0.25, -0.2) is 4.99 Å². The quantitative estimate of drug-likeness (QED) is 0.700. The number of anilines is 1. The summed E-state index contributed by atoms with van der Waals surface area (Å²) in [6.45, 7) is 0. The van der Waals surface area contributed by atoms with Crippen LogP contribution in [0.4, 0.5) is 14.5 Å². The summed E-state index contributed by atoms with van der Waals surface area (Å²) in [4.78, 5) is 3.06. The minimum Gasteiger partial charge on any atom is -0.306 e. The lowest BCUT2D eigenvalue weighted by Gasteiger charge is -2.20. The van der Waals surface area contributed by atoms with E-state index in [1.165, 1.54) is 0 Å². The highest BCUT2D eigenvalue weighted by Crippen LogP contribution is 2.30. The molecule has 0 radical (unpaired) electrons. The zero-order valence-corrected chi connectivity index (χ0v) is 7.98. The maximum atomic E-state index is 12.7. The molecule has 0 unspecified atom stereocenters. The zero-order chi connectivity index (χ0) is 9.47. The third kappa shape index (κ3) is 1.56. The van der Waals surface area contributed by atoms with Crippen molar-refractivity contribution in [2.75, 3.05) is 5.32 Å². The topological polar surface area (TPSA) is 24.4 Å². The fourth-order valence-corrected chi connectivity index (χ4v) is 1.59. The molecule has 1 aromatic rings. The van der Waals surface area contributed by atoms with Crippen molar-refractivity contribution in [3.05, 3.63) is 28.2 Å². The van der Waals surface area contributed by atoms with Crippen LogP contribution < -0.4 is 5.32 Å². The monoisotopic (exact) mass is 246 g/mol. The first-order valence-corrected chi connectivity index (χ1v) is 4.37. The van der Waals surface area contributed by atoms with E-state index in [0.717, 1.165) is 10.7 Å². The van der Waals surface area contributed by atoms with E-state index in [0.29, 0.717) is 11.3 Å². The second-order valence-electron chi connectivity index (χ2n) is 2.63. The fraction of sp³-hybridized carbons (Fsp3) is 0.125. The molecule has 2 rings (SSSR count). The number of benzene rings is 1. The molecule has 13 heavy (non-hydrogen) atoms. The Morgan fingerprint density at radius 2 is 2.15 bits per heavy atom. The summed E-state index contributed by atoms with van der Waals surface area (Å²) in [6.07, 6.45) is -2.02. The summed E-state index contributed by atoms with van der Waals surface area (Å²) in [5.41, 5.74) is 1.03. The molecule has 2 nitrogen and oxygen atoms in total. The second-order valence-corrected chi connectivity index (χ2v) is 3.48. The number of rotatable bonds is 0. The molecular weight excluding hydrogens is 242 g/mol. The van der Waals surface area contributed by atoms with E-state index in [4.69, 9.17) is 0 Å². The van der Waals surface area contributed by atoms with Gasteiger partial charge in [0.25, 0.3) is 0 Å². The van der Waals surface area contributed by atoms with Crippen LogP contribution in [-0.2, 0) is 0 Å². The minimum atomic E-state index is -3.19. The van der Waals surface area contributed by atoms with Crippen molar-refractivity contribution >= 4 is 27.8 Å². The van der Waals surface area contributed by atoms with Crippen LogP contribution in [-0.4, -0.2) is 12.4 Å². The lowest BCUT2D eigenvalue weighted by atomic mass is 10.2. The molecule has 0 aliphatic carbocycles. The Morgan fingerprint density at radius 3 is 2.92 bits per heavy atom. The van der Waals surface area contributed by atoms with Crippen molar-refractivity contribution in [1.29, 1.82) is 0 Å².